The van der Waals surface area contributed by atoms with Crippen molar-refractivity contribution < 1.29 is 22.8 Å². The van der Waals surface area contributed by atoms with Crippen LogP contribution >= 0.6 is 11.6 Å². The molecule has 1 aliphatic carbocycles. The summed E-state index contributed by atoms with van der Waals surface area (Å²) in [5, 5.41) is 2.79. The summed E-state index contributed by atoms with van der Waals surface area (Å²) >= 11 is 6.09. The highest BCUT2D eigenvalue weighted by Gasteiger charge is 2.46. The van der Waals surface area contributed by atoms with E-state index >= 15 is 0 Å². The van der Waals surface area contributed by atoms with E-state index in [1.165, 1.54) is 0 Å². The zero-order valence-corrected chi connectivity index (χ0v) is 21.7. The van der Waals surface area contributed by atoms with Crippen LogP contribution in [0.2, 0.25) is 5.02 Å². The van der Waals surface area contributed by atoms with Gasteiger partial charge in [0, 0.05) is 68.3 Å². The SMILES string of the molecule is CC(C)N1CC(C(=O)N2CCN(C3(CNC(=O)C(F)(F)F)CCCC3)CC2)C(c2ccc(Cl)cc2)C1. The molecule has 0 spiro atoms. The number of hydrogen-bond acceptors (Lipinski definition) is 4. The van der Waals surface area contributed by atoms with Crippen LogP contribution in [0.4, 0.5) is 13.2 Å². The molecule has 6 nitrogen and oxygen atoms in total. The number of carbonyl (C=O) groups is 2. The molecular formula is C26H36ClF3N4O2. The summed E-state index contributed by atoms with van der Waals surface area (Å²) in [7, 11) is 0. The molecule has 2 aliphatic heterocycles. The Morgan fingerprint density at radius 3 is 2.22 bits per heavy atom. The number of rotatable bonds is 6. The van der Waals surface area contributed by atoms with Crippen LogP contribution in [0.1, 0.15) is 51.0 Å². The normalized spacial score (nSPS) is 25.5. The van der Waals surface area contributed by atoms with Gasteiger partial charge >= 0.3 is 12.1 Å². The molecule has 2 atom stereocenters. The average molecular weight is 529 g/mol. The second kappa shape index (κ2) is 10.9. The van der Waals surface area contributed by atoms with Crippen molar-refractivity contribution in [2.24, 2.45) is 5.92 Å². The van der Waals surface area contributed by atoms with E-state index in [4.69, 9.17) is 11.6 Å². The lowest BCUT2D eigenvalue weighted by atomic mass is 9.87. The highest BCUT2D eigenvalue weighted by Crippen LogP contribution is 2.38. The van der Waals surface area contributed by atoms with E-state index in [-0.39, 0.29) is 24.3 Å². The Morgan fingerprint density at radius 1 is 1.06 bits per heavy atom. The summed E-state index contributed by atoms with van der Waals surface area (Å²) in [6.45, 7) is 8.07. The molecular weight excluding hydrogens is 493 g/mol. The van der Waals surface area contributed by atoms with E-state index in [2.05, 4.69) is 29.0 Å². The van der Waals surface area contributed by atoms with Crippen LogP contribution in [0.25, 0.3) is 0 Å². The van der Waals surface area contributed by atoms with Crippen molar-refractivity contribution in [3.8, 4) is 0 Å². The molecule has 2 saturated heterocycles. The largest absolute Gasteiger partial charge is 0.471 e. The van der Waals surface area contributed by atoms with Gasteiger partial charge in [-0.25, -0.2) is 0 Å². The number of amides is 2. The molecule has 10 heteroatoms. The summed E-state index contributed by atoms with van der Waals surface area (Å²) in [5.74, 6) is -1.80. The minimum atomic E-state index is -4.88. The highest BCUT2D eigenvalue weighted by molar-refractivity contribution is 6.30. The first-order chi connectivity index (χ1) is 17.0. The van der Waals surface area contributed by atoms with Gasteiger partial charge in [0.25, 0.3) is 0 Å². The number of nitrogens with one attached hydrogen (secondary N) is 1. The maximum Gasteiger partial charge on any atom is 0.471 e. The van der Waals surface area contributed by atoms with E-state index < -0.39 is 17.6 Å². The first-order valence-corrected chi connectivity index (χ1v) is 13.3. The third-order valence-electron chi connectivity index (χ3n) is 8.33. The molecule has 4 rings (SSSR count). The molecule has 1 aromatic carbocycles. The zero-order chi connectivity index (χ0) is 26.1. The van der Waals surface area contributed by atoms with Gasteiger partial charge < -0.3 is 10.2 Å². The molecule has 0 radical (unpaired) electrons. The van der Waals surface area contributed by atoms with Gasteiger partial charge in [0.1, 0.15) is 0 Å². The van der Waals surface area contributed by atoms with Gasteiger partial charge in [-0.2, -0.15) is 13.2 Å². The number of benzene rings is 1. The molecule has 200 valence electrons. The zero-order valence-electron chi connectivity index (χ0n) is 21.0. The fourth-order valence-electron chi connectivity index (χ4n) is 6.17. The predicted octanol–water partition coefficient (Wildman–Crippen LogP) is 3.90. The van der Waals surface area contributed by atoms with E-state index in [0.29, 0.717) is 43.8 Å². The van der Waals surface area contributed by atoms with Crippen LogP contribution in [0.15, 0.2) is 24.3 Å². The van der Waals surface area contributed by atoms with E-state index in [0.717, 1.165) is 37.8 Å². The van der Waals surface area contributed by atoms with Gasteiger partial charge in [-0.15, -0.1) is 0 Å². The van der Waals surface area contributed by atoms with Crippen molar-refractivity contribution in [3.63, 3.8) is 0 Å². The maximum atomic E-state index is 13.7. The number of alkyl halides is 3. The Bertz CT molecular complexity index is 926. The summed E-state index contributed by atoms with van der Waals surface area (Å²) in [6, 6.07) is 8.09. The van der Waals surface area contributed by atoms with Gasteiger partial charge in [-0.05, 0) is 44.4 Å². The smallest absolute Gasteiger partial charge is 0.346 e. The monoisotopic (exact) mass is 528 g/mol. The molecule has 3 aliphatic rings. The summed E-state index contributed by atoms with van der Waals surface area (Å²) in [4.78, 5) is 31.6. The number of piperazine rings is 1. The summed E-state index contributed by atoms with van der Waals surface area (Å²) in [6.07, 6.45) is -1.52. The molecule has 2 unspecified atom stereocenters. The molecule has 36 heavy (non-hydrogen) atoms. The van der Waals surface area contributed by atoms with Crippen molar-refractivity contribution in [1.82, 2.24) is 20.0 Å². The third kappa shape index (κ3) is 5.83. The van der Waals surface area contributed by atoms with Crippen molar-refractivity contribution in [1.29, 1.82) is 0 Å². The lowest BCUT2D eigenvalue weighted by Gasteiger charge is -2.46. The standard InChI is InChI=1S/C26H36ClF3N4O2/c1-18(2)33-15-21(19-5-7-20(27)8-6-19)22(16-33)23(35)32-11-13-34(14-12-32)25(9-3-4-10-25)17-31-24(36)26(28,29)30/h5-8,18,21-22H,3-4,9-17H2,1-2H3,(H,31,36). The quantitative estimate of drug-likeness (QED) is 0.608. The Kier molecular flexibility index (Phi) is 8.22. The molecule has 2 amide bonds. The average Bonchev–Trinajstić information content (AvgIpc) is 3.51. The van der Waals surface area contributed by atoms with Gasteiger partial charge in [-0.1, -0.05) is 36.6 Å². The number of hydrogen-bond donors (Lipinski definition) is 1. The maximum absolute atomic E-state index is 13.7. The lowest BCUT2D eigenvalue weighted by Crippen LogP contribution is -2.61. The Morgan fingerprint density at radius 2 is 1.67 bits per heavy atom. The Balaban J connectivity index is 1.41. The predicted molar refractivity (Wildman–Crippen MR) is 133 cm³/mol. The number of nitrogens with zero attached hydrogens (tertiary/aromatic N) is 3. The highest BCUT2D eigenvalue weighted by atomic mass is 35.5. The van der Waals surface area contributed by atoms with E-state index in [1.807, 2.05) is 29.2 Å². The minimum absolute atomic E-state index is 0.0100. The van der Waals surface area contributed by atoms with Crippen LogP contribution in [0.5, 0.6) is 0 Å². The van der Waals surface area contributed by atoms with Crippen LogP contribution < -0.4 is 5.32 Å². The second-order valence-corrected chi connectivity index (χ2v) is 11.2. The van der Waals surface area contributed by atoms with Gasteiger partial charge in [0.2, 0.25) is 5.91 Å². The van der Waals surface area contributed by atoms with Gasteiger partial charge in [-0.3, -0.25) is 19.4 Å². The Hall–Kier alpha value is -1.84. The van der Waals surface area contributed by atoms with Crippen LogP contribution in [0.3, 0.4) is 0 Å². The molecule has 1 N–H and O–H groups in total. The van der Waals surface area contributed by atoms with Gasteiger partial charge in [0.15, 0.2) is 0 Å². The van der Waals surface area contributed by atoms with Crippen molar-refractivity contribution in [2.45, 2.75) is 63.2 Å². The first kappa shape index (κ1) is 27.2. The van der Waals surface area contributed by atoms with Gasteiger partial charge in [0.05, 0.1) is 5.92 Å². The lowest BCUT2D eigenvalue weighted by molar-refractivity contribution is -0.174. The number of halogens is 4. The minimum Gasteiger partial charge on any atom is -0.346 e. The van der Waals surface area contributed by atoms with E-state index in [1.54, 1.807) is 0 Å². The summed E-state index contributed by atoms with van der Waals surface area (Å²) in [5.41, 5.74) is 0.647. The third-order valence-corrected chi connectivity index (χ3v) is 8.58. The molecule has 0 bridgehead atoms. The van der Waals surface area contributed by atoms with Crippen LogP contribution in [-0.2, 0) is 9.59 Å². The first-order valence-electron chi connectivity index (χ1n) is 12.9. The molecule has 1 saturated carbocycles. The summed E-state index contributed by atoms with van der Waals surface area (Å²) < 4.78 is 38.2. The second-order valence-electron chi connectivity index (χ2n) is 10.7. The molecule has 1 aromatic rings. The molecule has 3 fully saturated rings. The molecule has 0 aromatic heterocycles. The van der Waals surface area contributed by atoms with Crippen LogP contribution in [-0.4, -0.2) is 90.1 Å². The van der Waals surface area contributed by atoms with Crippen molar-refractivity contribution in [3.05, 3.63) is 34.9 Å². The number of carbonyl (C=O) groups excluding carboxylic acids is 2. The fraction of sp³-hybridized carbons (Fsp3) is 0.692. The van der Waals surface area contributed by atoms with E-state index in [9.17, 15) is 22.8 Å². The molecule has 2 heterocycles. The van der Waals surface area contributed by atoms with Crippen molar-refractivity contribution >= 4 is 23.4 Å². The topological polar surface area (TPSA) is 55.9 Å². The fourth-order valence-corrected chi connectivity index (χ4v) is 6.30. The van der Waals surface area contributed by atoms with Crippen molar-refractivity contribution in [2.75, 3.05) is 45.8 Å². The number of likely N-dealkylation sites (tertiary alicyclic amines) is 1. The van der Waals surface area contributed by atoms with Crippen LogP contribution in [0, 0.1) is 5.92 Å². The Labute approximate surface area is 216 Å².